The lowest BCUT2D eigenvalue weighted by Gasteiger charge is -2.17. The van der Waals surface area contributed by atoms with Crippen LogP contribution in [0.15, 0.2) is 24.4 Å². The fourth-order valence-electron chi connectivity index (χ4n) is 2.35. The van der Waals surface area contributed by atoms with Crippen LogP contribution in [-0.2, 0) is 6.42 Å². The first-order chi connectivity index (χ1) is 9.26. The van der Waals surface area contributed by atoms with Crippen LogP contribution in [0, 0.1) is 17.1 Å². The second-order valence-electron chi connectivity index (χ2n) is 4.66. The first-order valence-electron chi connectivity index (χ1n) is 6.60. The minimum atomic E-state index is -0.216. The van der Waals surface area contributed by atoms with Crippen LogP contribution in [0.1, 0.15) is 18.9 Å². The van der Waals surface area contributed by atoms with E-state index in [1.807, 2.05) is 12.3 Å². The Morgan fingerprint density at radius 2 is 2.21 bits per heavy atom. The second-order valence-corrected chi connectivity index (χ2v) is 4.66. The molecule has 0 saturated carbocycles. The number of rotatable bonds is 6. The molecule has 2 rings (SSSR count). The number of nitrogens with zero attached hydrogens (tertiary/aromatic N) is 2. The van der Waals surface area contributed by atoms with Crippen LogP contribution in [0.4, 0.5) is 4.39 Å². The Morgan fingerprint density at radius 1 is 1.37 bits per heavy atom. The summed E-state index contributed by atoms with van der Waals surface area (Å²) >= 11 is 0. The summed E-state index contributed by atoms with van der Waals surface area (Å²) in [5.74, 6) is -0.216. The summed E-state index contributed by atoms with van der Waals surface area (Å²) in [5, 5.41) is 9.72. The maximum absolute atomic E-state index is 13.6. The van der Waals surface area contributed by atoms with Gasteiger partial charge in [0.05, 0.1) is 18.1 Å². The van der Waals surface area contributed by atoms with Gasteiger partial charge in [0, 0.05) is 18.1 Å². The maximum atomic E-state index is 13.6. The highest BCUT2D eigenvalue weighted by molar-refractivity contribution is 5.83. The molecule has 1 N–H and O–H groups in total. The predicted octanol–water partition coefficient (Wildman–Crippen LogP) is 3.09. The van der Waals surface area contributed by atoms with E-state index in [9.17, 15) is 4.39 Å². The topological polar surface area (TPSA) is 42.8 Å². The number of hydrogen-bond donors (Lipinski definition) is 1. The average Bonchev–Trinajstić information content (AvgIpc) is 2.81. The molecule has 0 aliphatic heterocycles. The Balaban J connectivity index is 2.09. The Bertz CT molecular complexity index is 583. The normalized spacial score (nSPS) is 11.1. The van der Waals surface area contributed by atoms with Crippen LogP contribution in [0.25, 0.3) is 10.9 Å². The molecule has 3 nitrogen and oxygen atoms in total. The van der Waals surface area contributed by atoms with Gasteiger partial charge in [-0.1, -0.05) is 19.1 Å². The SMILES string of the molecule is CCCN(CC#N)CCc1c[nH]c2c(F)cccc12. The third-order valence-electron chi connectivity index (χ3n) is 3.28. The summed E-state index contributed by atoms with van der Waals surface area (Å²) in [5.41, 5.74) is 1.67. The van der Waals surface area contributed by atoms with Crippen molar-refractivity contribution in [1.82, 2.24) is 9.88 Å². The van der Waals surface area contributed by atoms with Crippen molar-refractivity contribution in [3.8, 4) is 6.07 Å². The first-order valence-corrected chi connectivity index (χ1v) is 6.60. The minimum Gasteiger partial charge on any atom is -0.359 e. The Morgan fingerprint density at radius 3 is 2.95 bits per heavy atom. The number of para-hydroxylation sites is 1. The molecule has 0 bridgehead atoms. The summed E-state index contributed by atoms with van der Waals surface area (Å²) < 4.78 is 13.6. The van der Waals surface area contributed by atoms with Crippen LogP contribution in [0.2, 0.25) is 0 Å². The fourth-order valence-corrected chi connectivity index (χ4v) is 2.35. The van der Waals surface area contributed by atoms with E-state index in [0.29, 0.717) is 12.1 Å². The molecular weight excluding hydrogens is 241 g/mol. The van der Waals surface area contributed by atoms with Gasteiger partial charge in [0.15, 0.2) is 0 Å². The Hall–Kier alpha value is -1.86. The number of fused-ring (bicyclic) bond motifs is 1. The fraction of sp³-hybridized carbons (Fsp3) is 0.400. The third-order valence-corrected chi connectivity index (χ3v) is 3.28. The molecule has 0 saturated heterocycles. The number of benzene rings is 1. The van der Waals surface area contributed by atoms with Gasteiger partial charge in [-0.05, 0) is 31.0 Å². The number of nitrogens with one attached hydrogen (secondary N) is 1. The number of H-pyrrole nitrogens is 1. The molecule has 0 fully saturated rings. The van der Waals surface area contributed by atoms with Crippen molar-refractivity contribution >= 4 is 10.9 Å². The smallest absolute Gasteiger partial charge is 0.147 e. The standard InChI is InChI=1S/C15H18FN3/c1-2-8-19(10-7-17)9-6-12-11-18-15-13(12)4-3-5-14(15)16/h3-5,11,18H,2,6,8-10H2,1H3. The molecule has 2 aromatic rings. The van der Waals surface area contributed by atoms with E-state index in [0.717, 1.165) is 36.9 Å². The summed E-state index contributed by atoms with van der Waals surface area (Å²) in [6.45, 7) is 4.30. The number of halogens is 1. The van der Waals surface area contributed by atoms with Gasteiger partial charge in [0.25, 0.3) is 0 Å². The van der Waals surface area contributed by atoms with E-state index in [2.05, 4.69) is 22.9 Å². The van der Waals surface area contributed by atoms with Crippen molar-refractivity contribution in [2.45, 2.75) is 19.8 Å². The summed E-state index contributed by atoms with van der Waals surface area (Å²) in [6.07, 6.45) is 3.72. The summed E-state index contributed by atoms with van der Waals surface area (Å²) in [6, 6.07) is 7.31. The van der Waals surface area contributed by atoms with Crippen LogP contribution in [-0.4, -0.2) is 29.5 Å². The molecule has 1 aromatic heterocycles. The van der Waals surface area contributed by atoms with E-state index >= 15 is 0 Å². The first kappa shape index (κ1) is 13.6. The monoisotopic (exact) mass is 259 g/mol. The van der Waals surface area contributed by atoms with E-state index in [-0.39, 0.29) is 5.82 Å². The number of aromatic nitrogens is 1. The zero-order chi connectivity index (χ0) is 13.7. The van der Waals surface area contributed by atoms with Crippen LogP contribution in [0.3, 0.4) is 0 Å². The van der Waals surface area contributed by atoms with Gasteiger partial charge in [-0.2, -0.15) is 5.26 Å². The molecule has 4 heteroatoms. The lowest BCUT2D eigenvalue weighted by molar-refractivity contribution is 0.310. The van der Waals surface area contributed by atoms with Crippen molar-refractivity contribution in [3.63, 3.8) is 0 Å². The molecule has 0 atom stereocenters. The molecule has 0 radical (unpaired) electrons. The molecule has 1 heterocycles. The lowest BCUT2D eigenvalue weighted by atomic mass is 10.1. The largest absolute Gasteiger partial charge is 0.359 e. The van der Waals surface area contributed by atoms with E-state index in [1.54, 1.807) is 6.07 Å². The molecule has 0 aliphatic rings. The number of hydrogen-bond acceptors (Lipinski definition) is 2. The van der Waals surface area contributed by atoms with Crippen LogP contribution >= 0.6 is 0 Å². The third kappa shape index (κ3) is 3.12. The maximum Gasteiger partial charge on any atom is 0.147 e. The summed E-state index contributed by atoms with van der Waals surface area (Å²) in [7, 11) is 0. The molecule has 0 amide bonds. The van der Waals surface area contributed by atoms with Gasteiger partial charge >= 0.3 is 0 Å². The number of nitriles is 1. The predicted molar refractivity (Wildman–Crippen MR) is 74.3 cm³/mol. The molecule has 0 spiro atoms. The van der Waals surface area contributed by atoms with Crippen molar-refractivity contribution in [3.05, 3.63) is 35.8 Å². The summed E-state index contributed by atoms with van der Waals surface area (Å²) in [4.78, 5) is 5.11. The average molecular weight is 259 g/mol. The Kier molecular flexibility index (Phi) is 4.53. The second kappa shape index (κ2) is 6.35. The van der Waals surface area contributed by atoms with Gasteiger partial charge in [-0.3, -0.25) is 4.90 Å². The molecular formula is C15H18FN3. The van der Waals surface area contributed by atoms with E-state index in [1.165, 1.54) is 6.07 Å². The van der Waals surface area contributed by atoms with Gasteiger partial charge < -0.3 is 4.98 Å². The van der Waals surface area contributed by atoms with Crippen LogP contribution in [0.5, 0.6) is 0 Å². The van der Waals surface area contributed by atoms with Gasteiger partial charge in [0.1, 0.15) is 5.82 Å². The molecule has 0 unspecified atom stereocenters. The van der Waals surface area contributed by atoms with Gasteiger partial charge in [-0.15, -0.1) is 0 Å². The van der Waals surface area contributed by atoms with E-state index < -0.39 is 0 Å². The highest BCUT2D eigenvalue weighted by atomic mass is 19.1. The quantitative estimate of drug-likeness (QED) is 0.810. The molecule has 100 valence electrons. The molecule has 19 heavy (non-hydrogen) atoms. The number of aromatic amines is 1. The minimum absolute atomic E-state index is 0.216. The van der Waals surface area contributed by atoms with Crippen molar-refractivity contribution in [1.29, 1.82) is 5.26 Å². The van der Waals surface area contributed by atoms with Crippen molar-refractivity contribution in [2.75, 3.05) is 19.6 Å². The lowest BCUT2D eigenvalue weighted by Crippen LogP contribution is -2.27. The highest BCUT2D eigenvalue weighted by Gasteiger charge is 2.09. The Labute approximate surface area is 112 Å². The van der Waals surface area contributed by atoms with Gasteiger partial charge in [-0.25, -0.2) is 4.39 Å². The molecule has 0 aliphatic carbocycles. The highest BCUT2D eigenvalue weighted by Crippen LogP contribution is 2.21. The van der Waals surface area contributed by atoms with Gasteiger partial charge in [0.2, 0.25) is 0 Å². The van der Waals surface area contributed by atoms with Crippen LogP contribution < -0.4 is 0 Å². The zero-order valence-corrected chi connectivity index (χ0v) is 11.1. The van der Waals surface area contributed by atoms with Crippen molar-refractivity contribution < 1.29 is 4.39 Å². The molecule has 1 aromatic carbocycles. The van der Waals surface area contributed by atoms with Crippen molar-refractivity contribution in [2.24, 2.45) is 0 Å². The van der Waals surface area contributed by atoms with E-state index in [4.69, 9.17) is 5.26 Å². The zero-order valence-electron chi connectivity index (χ0n) is 11.1.